The van der Waals surface area contributed by atoms with E-state index in [2.05, 4.69) is 63.3 Å². The highest BCUT2D eigenvalue weighted by atomic mass is 19.2. The van der Waals surface area contributed by atoms with Crippen LogP contribution >= 0.6 is 0 Å². The van der Waals surface area contributed by atoms with Gasteiger partial charge < -0.3 is 35.1 Å². The van der Waals surface area contributed by atoms with Gasteiger partial charge in [0, 0.05) is 50.3 Å². The van der Waals surface area contributed by atoms with Crippen molar-refractivity contribution < 1.29 is 50.2 Å². The molecule has 2 saturated heterocycles. The molecule has 15 heteroatoms. The summed E-state index contributed by atoms with van der Waals surface area (Å²) in [7, 11) is 0. The molecule has 0 radical (unpaired) electrons. The van der Waals surface area contributed by atoms with Gasteiger partial charge in [-0.2, -0.15) is 0 Å². The van der Waals surface area contributed by atoms with Crippen LogP contribution in [0.1, 0.15) is 114 Å². The van der Waals surface area contributed by atoms with Gasteiger partial charge in [-0.05, 0) is 146 Å². The van der Waals surface area contributed by atoms with Crippen LogP contribution in [0.4, 0.5) is 35.9 Å². The second-order valence-corrected chi connectivity index (χ2v) is 19.0. The summed E-state index contributed by atoms with van der Waals surface area (Å²) in [5.41, 5.74) is 1.28. The molecule has 2 amide bonds. The lowest BCUT2D eigenvalue weighted by molar-refractivity contribution is -0.108. The van der Waals surface area contributed by atoms with Crippen molar-refractivity contribution in [1.82, 2.24) is 20.9 Å². The average molecular weight is 941 g/mol. The van der Waals surface area contributed by atoms with Gasteiger partial charge in [0.15, 0.2) is 23.3 Å². The molecule has 9 nitrogen and oxygen atoms in total. The molecule has 0 aromatic heterocycles. The van der Waals surface area contributed by atoms with Crippen LogP contribution in [0, 0.1) is 34.9 Å². The highest BCUT2D eigenvalue weighted by Gasteiger charge is 2.26. The Morgan fingerprint density at radius 2 is 1.13 bits per heavy atom. The smallest absolute Gasteiger partial charge is 0.407 e. The van der Waals surface area contributed by atoms with Crippen molar-refractivity contribution in [2.24, 2.45) is 0 Å². The highest BCUT2D eigenvalue weighted by Crippen LogP contribution is 2.28. The van der Waals surface area contributed by atoms with Crippen LogP contribution in [0.5, 0.6) is 0 Å². The Hall–Kier alpha value is -5.41. The van der Waals surface area contributed by atoms with Gasteiger partial charge in [0.05, 0.1) is 0 Å². The third-order valence-corrected chi connectivity index (χ3v) is 11.1. The molecular formula is C52H66F6N4O5. The number of hydrogen-bond acceptors (Lipinski definition) is 7. The number of nitrogens with zero attached hydrogens (tertiary/aromatic N) is 1. The summed E-state index contributed by atoms with van der Waals surface area (Å²) in [4.78, 5) is 37.0. The number of hydrogen-bond donors (Lipinski definition) is 3. The molecule has 6 rings (SSSR count). The Morgan fingerprint density at radius 1 is 0.672 bits per heavy atom. The molecule has 0 bridgehead atoms. The van der Waals surface area contributed by atoms with E-state index < -0.39 is 70.4 Å². The summed E-state index contributed by atoms with van der Waals surface area (Å²) in [5.74, 6) is -5.40. The van der Waals surface area contributed by atoms with E-state index >= 15 is 0 Å². The number of benzene rings is 4. The largest absolute Gasteiger partial charge is 0.444 e. The van der Waals surface area contributed by atoms with Crippen molar-refractivity contribution in [1.29, 1.82) is 0 Å². The fraction of sp³-hybridized carbons (Fsp3) is 0.481. The van der Waals surface area contributed by atoms with Crippen molar-refractivity contribution in [3.8, 4) is 0 Å². The van der Waals surface area contributed by atoms with Gasteiger partial charge in [-0.25, -0.2) is 35.9 Å². The van der Waals surface area contributed by atoms with Gasteiger partial charge in [-0.3, -0.25) is 0 Å². The summed E-state index contributed by atoms with van der Waals surface area (Å²) in [6.07, 6.45) is 4.30. The lowest BCUT2D eigenvalue weighted by Gasteiger charge is -2.34. The topological polar surface area (TPSA) is 109 Å². The Bertz CT molecular complexity index is 2160. The predicted octanol–water partition coefficient (Wildman–Crippen LogP) is 11.1. The number of alkyl carbamates (subject to hydrolysis) is 2. The molecule has 0 saturated carbocycles. The van der Waals surface area contributed by atoms with Crippen molar-refractivity contribution in [3.63, 3.8) is 0 Å². The van der Waals surface area contributed by atoms with Gasteiger partial charge in [0.2, 0.25) is 0 Å². The summed E-state index contributed by atoms with van der Waals surface area (Å²) in [5, 5.41) is 8.64. The van der Waals surface area contributed by atoms with Crippen LogP contribution in [0.2, 0.25) is 0 Å². The first kappa shape index (κ1) is 54.2. The van der Waals surface area contributed by atoms with E-state index in [1.807, 2.05) is 18.2 Å². The molecule has 67 heavy (non-hydrogen) atoms. The van der Waals surface area contributed by atoms with E-state index in [4.69, 9.17) is 9.47 Å². The number of carbonyl (C=O) groups excluding carboxylic acids is 3. The monoisotopic (exact) mass is 940 g/mol. The first-order valence-corrected chi connectivity index (χ1v) is 22.9. The number of rotatable bonds is 13. The van der Waals surface area contributed by atoms with E-state index in [1.54, 1.807) is 41.5 Å². The molecule has 3 N–H and O–H groups in total. The molecule has 2 aliphatic rings. The molecule has 0 spiro atoms. The van der Waals surface area contributed by atoms with Crippen LogP contribution < -0.4 is 16.0 Å². The highest BCUT2D eigenvalue weighted by molar-refractivity contribution is 5.69. The van der Waals surface area contributed by atoms with Crippen LogP contribution in [-0.2, 0) is 27.1 Å². The molecule has 4 aromatic rings. The number of nitrogens with one attached hydrogen (secondary N) is 3. The van der Waals surface area contributed by atoms with Crippen LogP contribution in [0.15, 0.2) is 84.9 Å². The average Bonchev–Trinajstić information content (AvgIpc) is 3.27. The fourth-order valence-corrected chi connectivity index (χ4v) is 7.91. The summed E-state index contributed by atoms with van der Waals surface area (Å²) >= 11 is 0. The number of amides is 2. The number of halogens is 6. The van der Waals surface area contributed by atoms with E-state index in [9.17, 15) is 40.7 Å². The molecule has 0 aliphatic carbocycles. The zero-order chi connectivity index (χ0) is 49.1. The Morgan fingerprint density at radius 3 is 1.61 bits per heavy atom. The van der Waals surface area contributed by atoms with Gasteiger partial charge in [0.25, 0.3) is 0 Å². The molecule has 2 aliphatic heterocycles. The molecule has 366 valence electrons. The lowest BCUT2D eigenvalue weighted by atomic mass is 9.90. The molecule has 2 fully saturated rings. The van der Waals surface area contributed by atoms with E-state index in [0.717, 1.165) is 44.5 Å². The summed E-state index contributed by atoms with van der Waals surface area (Å²) in [6, 6.07) is 22.5. The number of carbonyl (C=O) groups is 3. The molecule has 4 aromatic carbocycles. The van der Waals surface area contributed by atoms with Gasteiger partial charge in [-0.15, -0.1) is 0 Å². The van der Waals surface area contributed by atoms with Crippen LogP contribution in [0.3, 0.4) is 0 Å². The third-order valence-electron chi connectivity index (χ3n) is 11.1. The van der Waals surface area contributed by atoms with Crippen LogP contribution in [-0.4, -0.2) is 79.4 Å². The number of aldehydes is 1. The minimum Gasteiger partial charge on any atom is -0.444 e. The first-order chi connectivity index (χ1) is 31.7. The van der Waals surface area contributed by atoms with Crippen molar-refractivity contribution in [3.05, 3.63) is 142 Å². The first-order valence-electron chi connectivity index (χ1n) is 22.9. The minimum absolute atomic E-state index is 0.0239. The zero-order valence-electron chi connectivity index (χ0n) is 39.4. The Kier molecular flexibility index (Phi) is 21.2. The lowest BCUT2D eigenvalue weighted by Crippen LogP contribution is -2.43. The Balaban J connectivity index is 0.000000246. The van der Waals surface area contributed by atoms with Crippen molar-refractivity contribution in [2.45, 2.75) is 128 Å². The number of piperidine rings is 2. The van der Waals surface area contributed by atoms with Gasteiger partial charge in [0.1, 0.15) is 29.1 Å². The van der Waals surface area contributed by atoms with Crippen molar-refractivity contribution in [2.75, 3.05) is 32.7 Å². The second-order valence-electron chi connectivity index (χ2n) is 19.0. The maximum Gasteiger partial charge on any atom is 0.407 e. The minimum atomic E-state index is -1.30. The third kappa shape index (κ3) is 19.8. The summed E-state index contributed by atoms with van der Waals surface area (Å²) in [6.45, 7) is 15.2. The molecular weight excluding hydrogens is 875 g/mol. The van der Waals surface area contributed by atoms with E-state index in [0.29, 0.717) is 43.4 Å². The molecule has 2 heterocycles. The summed E-state index contributed by atoms with van der Waals surface area (Å²) < 4.78 is 91.4. The van der Waals surface area contributed by atoms with E-state index in [1.165, 1.54) is 30.5 Å². The predicted molar refractivity (Wildman–Crippen MR) is 248 cm³/mol. The maximum absolute atomic E-state index is 14.3. The normalized spacial score (nSPS) is 17.3. The maximum atomic E-state index is 14.3. The number of ether oxygens (including phenoxy) is 2. The van der Waals surface area contributed by atoms with Gasteiger partial charge in [-0.1, -0.05) is 60.7 Å². The number of likely N-dealkylation sites (tertiary alicyclic amines) is 1. The second kappa shape index (κ2) is 26.2. The standard InChI is InChI=1S/C26H33F3N2O2.C15H18F3NO3.C11H15N/c1-26(2,3)33-25(32)30-21(14-20-15-23(28)24(29)16-22(20)27)11-13-31-12-7-10-19(17-31)18-8-5-4-6-9-18;1-15(2,3)22-14(21)19-10(4-5-20)6-9-7-12(17)13(18)8-11(9)16;1-2-5-10(6-3-1)11-7-4-8-12-9-11/h4-6,8-9,15-16,19,21H,7,10-14,17H2,1-3H3,(H,30,32);5,7-8,10H,4,6H2,1-3H3,(H,19,21);1-3,5-6,11-12H,4,7-9H2/t19?,21-;10-;/m00./s1. The molecule has 4 atom stereocenters. The SMILES string of the molecule is CC(C)(C)OC(=O)N[C@@H](CC=O)Cc1cc(F)c(F)cc1F.CC(C)(C)OC(=O)N[C@@H](CCN1CCCC(c2ccccc2)C1)Cc1cc(F)c(F)cc1F.c1ccc(C2CCCNC2)cc1. The molecule has 2 unspecified atom stereocenters. The van der Waals surface area contributed by atoms with Gasteiger partial charge >= 0.3 is 12.2 Å². The van der Waals surface area contributed by atoms with E-state index in [-0.39, 0.29) is 30.4 Å². The van der Waals surface area contributed by atoms with Crippen LogP contribution in [0.25, 0.3) is 0 Å². The fourth-order valence-electron chi connectivity index (χ4n) is 7.91. The zero-order valence-corrected chi connectivity index (χ0v) is 39.4. The van der Waals surface area contributed by atoms with Crippen molar-refractivity contribution >= 4 is 18.5 Å². The Labute approximate surface area is 391 Å². The quantitative estimate of drug-likeness (QED) is 0.0696.